The molecule has 98 valence electrons. The lowest BCUT2D eigenvalue weighted by Crippen LogP contribution is -2.29. The summed E-state index contributed by atoms with van der Waals surface area (Å²) in [4.78, 5) is 2.91. The van der Waals surface area contributed by atoms with E-state index in [1.54, 1.807) is 0 Å². The third-order valence-electron chi connectivity index (χ3n) is 3.66. The van der Waals surface area contributed by atoms with Crippen molar-refractivity contribution in [3.05, 3.63) is 21.9 Å². The van der Waals surface area contributed by atoms with Crippen LogP contribution in [0.25, 0.3) is 0 Å². The molecule has 1 heterocycles. The molecule has 0 spiro atoms. The number of hydrogen-bond acceptors (Lipinski definition) is 2. The van der Waals surface area contributed by atoms with E-state index in [0.717, 1.165) is 19.3 Å². The van der Waals surface area contributed by atoms with E-state index in [1.807, 2.05) is 11.3 Å². The molecule has 0 saturated heterocycles. The Morgan fingerprint density at radius 1 is 1.24 bits per heavy atom. The topological polar surface area (TPSA) is 26.0 Å². The van der Waals surface area contributed by atoms with Gasteiger partial charge in [-0.25, -0.2) is 0 Å². The van der Waals surface area contributed by atoms with Gasteiger partial charge in [-0.2, -0.15) is 0 Å². The van der Waals surface area contributed by atoms with Crippen LogP contribution in [0.4, 0.5) is 0 Å². The van der Waals surface area contributed by atoms with Crippen molar-refractivity contribution in [1.82, 2.24) is 0 Å². The van der Waals surface area contributed by atoms with E-state index < -0.39 is 0 Å². The van der Waals surface area contributed by atoms with E-state index in [1.165, 1.54) is 9.75 Å². The van der Waals surface area contributed by atoms with Crippen molar-refractivity contribution in [2.24, 2.45) is 17.1 Å². The van der Waals surface area contributed by atoms with E-state index in [2.05, 4.69) is 46.8 Å². The monoisotopic (exact) mass is 253 g/mol. The third kappa shape index (κ3) is 4.81. The summed E-state index contributed by atoms with van der Waals surface area (Å²) in [5, 5.41) is 0. The maximum atomic E-state index is 6.26. The summed E-state index contributed by atoms with van der Waals surface area (Å²) in [6, 6.07) is 4.78. The predicted molar refractivity (Wildman–Crippen MR) is 78.6 cm³/mol. The van der Waals surface area contributed by atoms with E-state index >= 15 is 0 Å². The number of rotatable bonds is 5. The SMILES string of the molecule is CCc1ccc(CC(N)CC(C)C(C)(C)C)s1. The van der Waals surface area contributed by atoms with Crippen LogP contribution in [0.2, 0.25) is 0 Å². The molecule has 0 amide bonds. The lowest BCUT2D eigenvalue weighted by Gasteiger charge is -2.29. The zero-order chi connectivity index (χ0) is 13.1. The summed E-state index contributed by atoms with van der Waals surface area (Å²) < 4.78 is 0. The molecule has 0 radical (unpaired) electrons. The zero-order valence-corrected chi connectivity index (χ0v) is 12.7. The zero-order valence-electron chi connectivity index (χ0n) is 11.9. The molecular weight excluding hydrogens is 226 g/mol. The quantitative estimate of drug-likeness (QED) is 0.834. The highest BCUT2D eigenvalue weighted by Crippen LogP contribution is 2.29. The molecule has 0 aromatic carbocycles. The molecule has 0 fully saturated rings. The molecule has 0 aliphatic heterocycles. The second-order valence-corrected chi connectivity index (χ2v) is 7.44. The normalized spacial score (nSPS) is 15.9. The van der Waals surface area contributed by atoms with Crippen molar-refractivity contribution in [2.75, 3.05) is 0 Å². The smallest absolute Gasteiger partial charge is 0.00899 e. The van der Waals surface area contributed by atoms with Gasteiger partial charge in [0.2, 0.25) is 0 Å². The average Bonchev–Trinajstić information content (AvgIpc) is 2.63. The number of thiophene rings is 1. The highest BCUT2D eigenvalue weighted by molar-refractivity contribution is 7.11. The molecule has 1 nitrogen and oxygen atoms in total. The number of hydrogen-bond donors (Lipinski definition) is 1. The van der Waals surface area contributed by atoms with Crippen LogP contribution in [0, 0.1) is 11.3 Å². The lowest BCUT2D eigenvalue weighted by atomic mass is 9.78. The second-order valence-electron chi connectivity index (χ2n) is 6.19. The molecule has 2 atom stereocenters. The maximum absolute atomic E-state index is 6.26. The Morgan fingerprint density at radius 3 is 2.29 bits per heavy atom. The second kappa shape index (κ2) is 6.01. The first kappa shape index (κ1) is 14.7. The fourth-order valence-corrected chi connectivity index (χ4v) is 2.92. The number of aryl methyl sites for hydroxylation is 1. The fourth-order valence-electron chi connectivity index (χ4n) is 1.87. The molecule has 0 aliphatic rings. The van der Waals surface area contributed by atoms with Crippen molar-refractivity contribution in [2.45, 2.75) is 59.9 Å². The Balaban J connectivity index is 2.46. The molecule has 1 aromatic heterocycles. The minimum absolute atomic E-state index is 0.299. The first-order chi connectivity index (χ1) is 7.82. The molecule has 1 aromatic rings. The van der Waals surface area contributed by atoms with E-state index in [9.17, 15) is 0 Å². The van der Waals surface area contributed by atoms with E-state index in [0.29, 0.717) is 17.4 Å². The Bertz CT molecular complexity index is 335. The molecule has 17 heavy (non-hydrogen) atoms. The van der Waals surface area contributed by atoms with Gasteiger partial charge in [0.1, 0.15) is 0 Å². The molecule has 1 rings (SSSR count). The molecule has 2 N–H and O–H groups in total. The van der Waals surface area contributed by atoms with E-state index in [4.69, 9.17) is 5.73 Å². The van der Waals surface area contributed by atoms with Gasteiger partial charge < -0.3 is 5.73 Å². The van der Waals surface area contributed by atoms with Crippen LogP contribution >= 0.6 is 11.3 Å². The van der Waals surface area contributed by atoms with Gasteiger partial charge in [0, 0.05) is 15.8 Å². The number of nitrogens with two attached hydrogens (primary N) is 1. The Labute approximate surface area is 110 Å². The Hall–Kier alpha value is -0.340. The van der Waals surface area contributed by atoms with Gasteiger partial charge in [0.05, 0.1) is 0 Å². The minimum atomic E-state index is 0.299. The van der Waals surface area contributed by atoms with Crippen LogP contribution in [-0.2, 0) is 12.8 Å². The molecule has 2 unspecified atom stereocenters. The van der Waals surface area contributed by atoms with Gasteiger partial charge in [0.15, 0.2) is 0 Å². The highest BCUT2D eigenvalue weighted by Gasteiger charge is 2.22. The van der Waals surface area contributed by atoms with Crippen LogP contribution in [-0.4, -0.2) is 6.04 Å². The maximum Gasteiger partial charge on any atom is 0.00899 e. The lowest BCUT2D eigenvalue weighted by molar-refractivity contribution is 0.233. The van der Waals surface area contributed by atoms with Crippen LogP contribution in [0.15, 0.2) is 12.1 Å². The van der Waals surface area contributed by atoms with Gasteiger partial charge in [-0.15, -0.1) is 11.3 Å². The van der Waals surface area contributed by atoms with Crippen LogP contribution in [0.1, 0.15) is 50.8 Å². The summed E-state index contributed by atoms with van der Waals surface area (Å²) >= 11 is 1.92. The third-order valence-corrected chi connectivity index (χ3v) is 4.92. The van der Waals surface area contributed by atoms with Crippen molar-refractivity contribution < 1.29 is 0 Å². The summed E-state index contributed by atoms with van der Waals surface area (Å²) in [5.74, 6) is 0.670. The molecule has 2 heteroatoms. The molecule has 0 aliphatic carbocycles. The van der Waals surface area contributed by atoms with Gasteiger partial charge in [-0.1, -0.05) is 34.6 Å². The summed E-state index contributed by atoms with van der Waals surface area (Å²) in [6.45, 7) is 11.4. The van der Waals surface area contributed by atoms with E-state index in [-0.39, 0.29) is 0 Å². The van der Waals surface area contributed by atoms with Crippen molar-refractivity contribution in [1.29, 1.82) is 0 Å². The molecular formula is C15H27NS. The molecule has 0 saturated carbocycles. The average molecular weight is 253 g/mol. The van der Waals surface area contributed by atoms with Crippen molar-refractivity contribution in [3.8, 4) is 0 Å². The standard InChI is InChI=1S/C15H27NS/c1-6-13-7-8-14(17-13)10-12(16)9-11(2)15(3,4)5/h7-8,11-12H,6,9-10,16H2,1-5H3. The van der Waals surface area contributed by atoms with Crippen molar-refractivity contribution in [3.63, 3.8) is 0 Å². The highest BCUT2D eigenvalue weighted by atomic mass is 32.1. The summed E-state index contributed by atoms with van der Waals surface area (Å²) in [6.07, 6.45) is 3.28. The summed E-state index contributed by atoms with van der Waals surface area (Å²) in [5.41, 5.74) is 6.62. The van der Waals surface area contributed by atoms with Gasteiger partial charge in [-0.3, -0.25) is 0 Å². The largest absolute Gasteiger partial charge is 0.327 e. The predicted octanol–water partition coefficient (Wildman–Crippen LogP) is 4.25. The fraction of sp³-hybridized carbons (Fsp3) is 0.733. The van der Waals surface area contributed by atoms with Crippen LogP contribution in [0.5, 0.6) is 0 Å². The minimum Gasteiger partial charge on any atom is -0.327 e. The van der Waals surface area contributed by atoms with Gasteiger partial charge >= 0.3 is 0 Å². The first-order valence-electron chi connectivity index (χ1n) is 6.66. The summed E-state index contributed by atoms with van der Waals surface area (Å²) in [7, 11) is 0. The molecule has 0 bridgehead atoms. The van der Waals surface area contributed by atoms with Gasteiger partial charge in [-0.05, 0) is 42.7 Å². The first-order valence-corrected chi connectivity index (χ1v) is 7.47. The van der Waals surface area contributed by atoms with Gasteiger partial charge in [0.25, 0.3) is 0 Å². The Morgan fingerprint density at radius 2 is 1.82 bits per heavy atom. The van der Waals surface area contributed by atoms with Crippen molar-refractivity contribution >= 4 is 11.3 Å². The van der Waals surface area contributed by atoms with Crippen LogP contribution < -0.4 is 5.73 Å². The van der Waals surface area contributed by atoms with Crippen LogP contribution in [0.3, 0.4) is 0 Å². The Kier molecular flexibility index (Phi) is 5.21.